The predicted octanol–water partition coefficient (Wildman–Crippen LogP) is 1.97. The first-order valence-corrected chi connectivity index (χ1v) is 5.27. The highest BCUT2D eigenvalue weighted by atomic mass is 16.5. The minimum absolute atomic E-state index is 0.576. The molecule has 0 aromatic heterocycles. The van der Waals surface area contributed by atoms with E-state index in [4.69, 9.17) is 4.74 Å². The van der Waals surface area contributed by atoms with Crippen LogP contribution in [0.5, 0.6) is 0 Å². The lowest BCUT2D eigenvalue weighted by Gasteiger charge is -2.18. The number of ether oxygens (including phenoxy) is 1. The van der Waals surface area contributed by atoms with Gasteiger partial charge in [-0.1, -0.05) is 26.0 Å². The predicted molar refractivity (Wildman–Crippen MR) is 55.8 cm³/mol. The first-order valence-electron chi connectivity index (χ1n) is 5.27. The van der Waals surface area contributed by atoms with Gasteiger partial charge in [0.15, 0.2) is 0 Å². The van der Waals surface area contributed by atoms with Crippen LogP contribution in [0.1, 0.15) is 26.7 Å². The van der Waals surface area contributed by atoms with E-state index < -0.39 is 0 Å². The molecule has 2 heteroatoms. The van der Waals surface area contributed by atoms with E-state index in [2.05, 4.69) is 31.3 Å². The van der Waals surface area contributed by atoms with Crippen LogP contribution in [0, 0.1) is 5.92 Å². The van der Waals surface area contributed by atoms with Gasteiger partial charge < -0.3 is 10.1 Å². The Kier molecular flexibility index (Phi) is 5.09. The zero-order valence-electron chi connectivity index (χ0n) is 8.75. The number of nitrogens with one attached hydrogen (secondary N) is 1. The molecule has 0 aliphatic carbocycles. The quantitative estimate of drug-likeness (QED) is 0.673. The lowest BCUT2D eigenvalue weighted by atomic mass is 10.0. The molecule has 1 heterocycles. The Labute approximate surface area is 81.4 Å². The lowest BCUT2D eigenvalue weighted by Crippen LogP contribution is -2.22. The van der Waals surface area contributed by atoms with E-state index in [0.29, 0.717) is 12.0 Å². The van der Waals surface area contributed by atoms with Crippen LogP contribution in [0.15, 0.2) is 12.2 Å². The summed E-state index contributed by atoms with van der Waals surface area (Å²) in [7, 11) is 0. The molecule has 0 spiro atoms. The molecule has 1 saturated heterocycles. The Morgan fingerprint density at radius 1 is 1.54 bits per heavy atom. The Bertz CT molecular complexity index is 148. The van der Waals surface area contributed by atoms with E-state index >= 15 is 0 Å². The highest BCUT2D eigenvalue weighted by Gasteiger charge is 2.09. The van der Waals surface area contributed by atoms with Gasteiger partial charge in [0.25, 0.3) is 0 Å². The van der Waals surface area contributed by atoms with Gasteiger partial charge in [-0.15, -0.1) is 0 Å². The smallest absolute Gasteiger partial charge is 0.0528 e. The van der Waals surface area contributed by atoms with Crippen LogP contribution >= 0.6 is 0 Å². The fourth-order valence-corrected chi connectivity index (χ4v) is 1.48. The molecule has 0 aromatic carbocycles. The van der Waals surface area contributed by atoms with Gasteiger partial charge in [-0.05, 0) is 12.8 Å². The van der Waals surface area contributed by atoms with Crippen LogP contribution in [0.25, 0.3) is 0 Å². The maximum Gasteiger partial charge on any atom is 0.0528 e. The van der Waals surface area contributed by atoms with Gasteiger partial charge in [0.05, 0.1) is 6.61 Å². The average Bonchev–Trinajstić information content (AvgIpc) is 2.14. The summed E-state index contributed by atoms with van der Waals surface area (Å²) in [6, 6.07) is 0.576. The van der Waals surface area contributed by atoms with Gasteiger partial charge in [-0.25, -0.2) is 0 Å². The maximum absolute atomic E-state index is 5.39. The van der Waals surface area contributed by atoms with Gasteiger partial charge in [0.2, 0.25) is 0 Å². The summed E-state index contributed by atoms with van der Waals surface area (Å²) in [4.78, 5) is 0. The van der Waals surface area contributed by atoms with Gasteiger partial charge in [-0.3, -0.25) is 0 Å². The van der Waals surface area contributed by atoms with E-state index in [0.717, 1.165) is 19.8 Å². The molecule has 0 saturated carbocycles. The molecule has 0 bridgehead atoms. The van der Waals surface area contributed by atoms with Crippen molar-refractivity contribution in [2.45, 2.75) is 32.7 Å². The minimum atomic E-state index is 0.576. The Morgan fingerprint density at radius 3 is 3.00 bits per heavy atom. The molecular formula is C11H21NO. The standard InChI is InChI=1S/C11H21NO/c1-10(2)12-7-3-5-11-6-4-8-13-9-11/h3,5,10-12H,4,6-9H2,1-2H3. The van der Waals surface area contributed by atoms with Gasteiger partial charge >= 0.3 is 0 Å². The monoisotopic (exact) mass is 183 g/mol. The summed E-state index contributed by atoms with van der Waals surface area (Å²) >= 11 is 0. The molecule has 1 rings (SSSR count). The van der Waals surface area contributed by atoms with Crippen LogP contribution in [0.4, 0.5) is 0 Å². The maximum atomic E-state index is 5.39. The van der Waals surface area contributed by atoms with Gasteiger partial charge in [0.1, 0.15) is 0 Å². The second kappa shape index (κ2) is 6.17. The van der Waals surface area contributed by atoms with E-state index in [1.165, 1.54) is 12.8 Å². The van der Waals surface area contributed by atoms with E-state index in [1.807, 2.05) is 0 Å². The zero-order chi connectivity index (χ0) is 9.52. The topological polar surface area (TPSA) is 21.3 Å². The molecule has 13 heavy (non-hydrogen) atoms. The molecule has 2 nitrogen and oxygen atoms in total. The summed E-state index contributed by atoms with van der Waals surface area (Å²) in [6.07, 6.45) is 7.01. The van der Waals surface area contributed by atoms with Crippen LogP contribution in [-0.4, -0.2) is 25.8 Å². The van der Waals surface area contributed by atoms with Gasteiger partial charge in [-0.2, -0.15) is 0 Å². The van der Waals surface area contributed by atoms with Crippen molar-refractivity contribution < 1.29 is 4.74 Å². The Hall–Kier alpha value is -0.340. The van der Waals surface area contributed by atoms with Crippen LogP contribution in [0.3, 0.4) is 0 Å². The molecule has 1 atom stereocenters. The summed E-state index contributed by atoms with van der Waals surface area (Å²) in [5.41, 5.74) is 0. The third-order valence-corrected chi connectivity index (χ3v) is 2.25. The van der Waals surface area contributed by atoms with Crippen molar-refractivity contribution in [3.63, 3.8) is 0 Å². The molecule has 1 unspecified atom stereocenters. The number of hydrogen-bond acceptors (Lipinski definition) is 2. The molecule has 1 aliphatic rings. The first kappa shape index (κ1) is 10.7. The first-order chi connectivity index (χ1) is 6.29. The third-order valence-electron chi connectivity index (χ3n) is 2.25. The summed E-state index contributed by atoms with van der Waals surface area (Å²) in [5.74, 6) is 0.655. The average molecular weight is 183 g/mol. The zero-order valence-corrected chi connectivity index (χ0v) is 8.75. The number of rotatable bonds is 4. The van der Waals surface area contributed by atoms with E-state index in [1.54, 1.807) is 0 Å². The Balaban J connectivity index is 2.07. The van der Waals surface area contributed by atoms with Crippen LogP contribution in [-0.2, 0) is 4.74 Å². The van der Waals surface area contributed by atoms with Crippen molar-refractivity contribution in [2.75, 3.05) is 19.8 Å². The molecule has 0 amide bonds. The largest absolute Gasteiger partial charge is 0.381 e. The Morgan fingerprint density at radius 2 is 2.38 bits per heavy atom. The molecule has 76 valence electrons. The SMILES string of the molecule is CC(C)NCC=CC1CCCOC1. The van der Waals surface area contributed by atoms with E-state index in [-0.39, 0.29) is 0 Å². The van der Waals surface area contributed by atoms with Crippen molar-refractivity contribution in [2.24, 2.45) is 5.92 Å². The fraction of sp³-hybridized carbons (Fsp3) is 0.818. The van der Waals surface area contributed by atoms with Crippen molar-refractivity contribution >= 4 is 0 Å². The summed E-state index contributed by atoms with van der Waals surface area (Å²) in [6.45, 7) is 7.18. The number of hydrogen-bond donors (Lipinski definition) is 1. The lowest BCUT2D eigenvalue weighted by molar-refractivity contribution is 0.0709. The highest BCUT2D eigenvalue weighted by Crippen LogP contribution is 2.14. The molecule has 0 aromatic rings. The minimum Gasteiger partial charge on any atom is -0.381 e. The van der Waals surface area contributed by atoms with Crippen molar-refractivity contribution in [1.82, 2.24) is 5.32 Å². The van der Waals surface area contributed by atoms with Crippen molar-refractivity contribution in [3.05, 3.63) is 12.2 Å². The highest BCUT2D eigenvalue weighted by molar-refractivity contribution is 4.91. The summed E-state index contributed by atoms with van der Waals surface area (Å²) in [5, 5.41) is 3.36. The second-order valence-electron chi connectivity index (χ2n) is 3.97. The molecule has 1 fully saturated rings. The van der Waals surface area contributed by atoms with E-state index in [9.17, 15) is 0 Å². The fourth-order valence-electron chi connectivity index (χ4n) is 1.48. The van der Waals surface area contributed by atoms with Crippen LogP contribution < -0.4 is 5.32 Å². The third kappa shape index (κ3) is 5.06. The summed E-state index contributed by atoms with van der Waals surface area (Å²) < 4.78 is 5.39. The normalized spacial score (nSPS) is 24.4. The van der Waals surface area contributed by atoms with Crippen molar-refractivity contribution in [3.8, 4) is 0 Å². The van der Waals surface area contributed by atoms with Gasteiger partial charge in [0, 0.05) is 25.1 Å². The second-order valence-corrected chi connectivity index (χ2v) is 3.97. The van der Waals surface area contributed by atoms with Crippen molar-refractivity contribution in [1.29, 1.82) is 0 Å². The molecule has 0 radical (unpaired) electrons. The molecular weight excluding hydrogens is 162 g/mol. The molecule has 1 N–H and O–H groups in total. The van der Waals surface area contributed by atoms with Crippen LogP contribution in [0.2, 0.25) is 0 Å². The molecule has 1 aliphatic heterocycles.